The molecule has 0 amide bonds. The lowest BCUT2D eigenvalue weighted by molar-refractivity contribution is -0.120. The zero-order valence-corrected chi connectivity index (χ0v) is 8.90. The Bertz CT molecular complexity index is 314. The van der Waals surface area contributed by atoms with Crippen molar-refractivity contribution < 1.29 is 14.6 Å². The first kappa shape index (κ1) is 10.5. The molecule has 1 aromatic rings. The highest BCUT2D eigenvalue weighted by Crippen LogP contribution is 2.27. The predicted molar refractivity (Wildman–Crippen MR) is 56.8 cm³/mol. The molecular weight excluding hydrogens is 192 g/mol. The second-order valence-corrected chi connectivity index (χ2v) is 4.39. The van der Waals surface area contributed by atoms with Gasteiger partial charge in [0.05, 0.1) is 26.4 Å². The highest BCUT2D eigenvalue weighted by atomic mass is 16.5. The highest BCUT2D eigenvalue weighted by molar-refractivity contribution is 5.26. The topological polar surface area (TPSA) is 38.7 Å². The minimum Gasteiger partial charge on any atom is -0.493 e. The van der Waals surface area contributed by atoms with Crippen molar-refractivity contribution in [2.45, 2.75) is 13.5 Å². The average Bonchev–Trinajstić information content (AvgIpc) is 2.24. The van der Waals surface area contributed by atoms with Gasteiger partial charge in [0.25, 0.3) is 0 Å². The molecule has 1 heterocycles. The summed E-state index contributed by atoms with van der Waals surface area (Å²) in [6.45, 7) is 4.47. The van der Waals surface area contributed by atoms with Crippen LogP contribution in [-0.2, 0) is 11.3 Å². The van der Waals surface area contributed by atoms with E-state index in [4.69, 9.17) is 14.6 Å². The Labute approximate surface area is 89.6 Å². The second kappa shape index (κ2) is 4.21. The first-order valence-electron chi connectivity index (χ1n) is 5.12. The van der Waals surface area contributed by atoms with Crippen molar-refractivity contribution in [2.24, 2.45) is 5.41 Å². The third-order valence-electron chi connectivity index (χ3n) is 2.59. The average molecular weight is 208 g/mol. The number of benzene rings is 1. The normalized spacial score (nSPS) is 18.3. The van der Waals surface area contributed by atoms with Crippen LogP contribution in [0.5, 0.6) is 5.75 Å². The Hall–Kier alpha value is -1.06. The fraction of sp³-hybridized carbons (Fsp3) is 0.500. The van der Waals surface area contributed by atoms with Crippen molar-refractivity contribution in [1.29, 1.82) is 0 Å². The van der Waals surface area contributed by atoms with Crippen LogP contribution in [0.25, 0.3) is 0 Å². The van der Waals surface area contributed by atoms with Crippen LogP contribution in [-0.4, -0.2) is 24.9 Å². The second-order valence-electron chi connectivity index (χ2n) is 4.39. The van der Waals surface area contributed by atoms with Gasteiger partial charge in [-0.05, 0) is 17.7 Å². The van der Waals surface area contributed by atoms with Gasteiger partial charge in [0.15, 0.2) is 0 Å². The molecular formula is C12H16O3. The quantitative estimate of drug-likeness (QED) is 0.816. The van der Waals surface area contributed by atoms with E-state index in [0.717, 1.165) is 24.5 Å². The molecule has 1 saturated heterocycles. The third-order valence-corrected chi connectivity index (χ3v) is 2.59. The molecule has 1 aromatic carbocycles. The molecule has 2 rings (SSSR count). The summed E-state index contributed by atoms with van der Waals surface area (Å²) >= 11 is 0. The molecule has 0 aliphatic carbocycles. The van der Waals surface area contributed by atoms with Crippen molar-refractivity contribution >= 4 is 0 Å². The smallest absolute Gasteiger partial charge is 0.119 e. The third kappa shape index (κ3) is 2.49. The summed E-state index contributed by atoms with van der Waals surface area (Å²) < 4.78 is 10.8. The summed E-state index contributed by atoms with van der Waals surface area (Å²) in [5.74, 6) is 0.848. The van der Waals surface area contributed by atoms with E-state index in [9.17, 15) is 0 Å². The predicted octanol–water partition coefficient (Wildman–Crippen LogP) is 1.59. The molecule has 3 heteroatoms. The van der Waals surface area contributed by atoms with E-state index < -0.39 is 0 Å². The summed E-state index contributed by atoms with van der Waals surface area (Å²) in [6, 6.07) is 7.51. The first-order valence-corrected chi connectivity index (χ1v) is 5.12. The molecule has 1 N–H and O–H groups in total. The maximum absolute atomic E-state index is 8.88. The summed E-state index contributed by atoms with van der Waals surface area (Å²) in [4.78, 5) is 0. The molecule has 1 fully saturated rings. The molecule has 0 saturated carbocycles. The van der Waals surface area contributed by atoms with Crippen molar-refractivity contribution in [3.63, 3.8) is 0 Å². The summed E-state index contributed by atoms with van der Waals surface area (Å²) in [6.07, 6.45) is 0. The molecule has 0 radical (unpaired) electrons. The van der Waals surface area contributed by atoms with E-state index in [-0.39, 0.29) is 12.0 Å². The lowest BCUT2D eigenvalue weighted by Gasteiger charge is -2.37. The molecule has 1 aliphatic heterocycles. The Kier molecular flexibility index (Phi) is 2.93. The molecule has 82 valence electrons. The van der Waals surface area contributed by atoms with Gasteiger partial charge in [-0.15, -0.1) is 0 Å². The van der Waals surface area contributed by atoms with Gasteiger partial charge in [-0.3, -0.25) is 0 Å². The largest absolute Gasteiger partial charge is 0.493 e. The van der Waals surface area contributed by atoms with Gasteiger partial charge in [-0.25, -0.2) is 0 Å². The van der Waals surface area contributed by atoms with Crippen molar-refractivity contribution in [1.82, 2.24) is 0 Å². The lowest BCUT2D eigenvalue weighted by Crippen LogP contribution is -2.44. The molecule has 3 nitrogen and oxygen atoms in total. The molecule has 0 aromatic heterocycles. The Morgan fingerprint density at radius 1 is 1.33 bits per heavy atom. The molecule has 0 atom stereocenters. The van der Waals surface area contributed by atoms with E-state index in [2.05, 4.69) is 6.92 Å². The van der Waals surface area contributed by atoms with Crippen LogP contribution in [0, 0.1) is 5.41 Å². The van der Waals surface area contributed by atoms with Gasteiger partial charge >= 0.3 is 0 Å². The number of aliphatic hydroxyl groups is 1. The van der Waals surface area contributed by atoms with Crippen LogP contribution in [0.3, 0.4) is 0 Å². The Balaban J connectivity index is 1.87. The monoisotopic (exact) mass is 208 g/mol. The van der Waals surface area contributed by atoms with Gasteiger partial charge in [-0.1, -0.05) is 19.1 Å². The first-order chi connectivity index (χ1) is 7.22. The number of rotatable bonds is 4. The SMILES string of the molecule is CC1(COc2ccc(CO)cc2)COC1. The van der Waals surface area contributed by atoms with E-state index in [1.807, 2.05) is 24.3 Å². The van der Waals surface area contributed by atoms with E-state index in [1.165, 1.54) is 0 Å². The van der Waals surface area contributed by atoms with Gasteiger partial charge in [0.1, 0.15) is 5.75 Å². The summed E-state index contributed by atoms with van der Waals surface area (Å²) in [5, 5.41) is 8.88. The van der Waals surface area contributed by atoms with E-state index >= 15 is 0 Å². The van der Waals surface area contributed by atoms with Crippen LogP contribution in [0.1, 0.15) is 12.5 Å². The zero-order chi connectivity index (χ0) is 10.7. The number of hydrogen-bond donors (Lipinski definition) is 1. The Morgan fingerprint density at radius 3 is 2.47 bits per heavy atom. The van der Waals surface area contributed by atoms with Gasteiger partial charge in [-0.2, -0.15) is 0 Å². The summed E-state index contributed by atoms with van der Waals surface area (Å²) in [7, 11) is 0. The minimum absolute atomic E-state index is 0.0752. The summed E-state index contributed by atoms with van der Waals surface area (Å²) in [5.41, 5.74) is 1.08. The maximum Gasteiger partial charge on any atom is 0.119 e. The molecule has 0 spiro atoms. The molecule has 0 bridgehead atoms. The van der Waals surface area contributed by atoms with Gasteiger partial charge < -0.3 is 14.6 Å². The van der Waals surface area contributed by atoms with Gasteiger partial charge in [0, 0.05) is 5.41 Å². The fourth-order valence-corrected chi connectivity index (χ4v) is 1.48. The maximum atomic E-state index is 8.88. The van der Waals surface area contributed by atoms with Gasteiger partial charge in [0.2, 0.25) is 0 Å². The molecule has 0 unspecified atom stereocenters. The zero-order valence-electron chi connectivity index (χ0n) is 8.90. The molecule has 15 heavy (non-hydrogen) atoms. The lowest BCUT2D eigenvalue weighted by atomic mass is 9.90. The number of ether oxygens (including phenoxy) is 2. The van der Waals surface area contributed by atoms with Crippen LogP contribution in [0.4, 0.5) is 0 Å². The van der Waals surface area contributed by atoms with Crippen LogP contribution >= 0.6 is 0 Å². The fourth-order valence-electron chi connectivity index (χ4n) is 1.48. The standard InChI is InChI=1S/C12H16O3/c1-12(7-14-8-12)9-15-11-4-2-10(6-13)3-5-11/h2-5,13H,6-9H2,1H3. The van der Waals surface area contributed by atoms with E-state index in [1.54, 1.807) is 0 Å². The Morgan fingerprint density at radius 2 is 2.00 bits per heavy atom. The minimum atomic E-state index is 0.0752. The van der Waals surface area contributed by atoms with Crippen molar-refractivity contribution in [3.8, 4) is 5.75 Å². The van der Waals surface area contributed by atoms with Crippen molar-refractivity contribution in [3.05, 3.63) is 29.8 Å². The van der Waals surface area contributed by atoms with Crippen LogP contribution < -0.4 is 4.74 Å². The molecule has 1 aliphatic rings. The number of aliphatic hydroxyl groups excluding tert-OH is 1. The van der Waals surface area contributed by atoms with Crippen LogP contribution in [0.2, 0.25) is 0 Å². The van der Waals surface area contributed by atoms with Crippen molar-refractivity contribution in [2.75, 3.05) is 19.8 Å². The van der Waals surface area contributed by atoms with Crippen LogP contribution in [0.15, 0.2) is 24.3 Å². The number of hydrogen-bond acceptors (Lipinski definition) is 3. The highest BCUT2D eigenvalue weighted by Gasteiger charge is 2.34. The van der Waals surface area contributed by atoms with E-state index in [0.29, 0.717) is 6.61 Å².